The predicted molar refractivity (Wildman–Crippen MR) is 199 cm³/mol. The first kappa shape index (κ1) is 26.3. The van der Waals surface area contributed by atoms with Crippen LogP contribution in [0.4, 0.5) is 0 Å². The lowest BCUT2D eigenvalue weighted by Crippen LogP contribution is -1.97. The van der Waals surface area contributed by atoms with Crippen molar-refractivity contribution in [2.75, 3.05) is 0 Å². The summed E-state index contributed by atoms with van der Waals surface area (Å²) in [5, 5.41) is 5.98. The third-order valence-corrected chi connectivity index (χ3v) is 10.4. The van der Waals surface area contributed by atoms with Gasteiger partial charge in [-0.3, -0.25) is 0 Å². The Morgan fingerprint density at radius 3 is 1.83 bits per heavy atom. The van der Waals surface area contributed by atoms with Gasteiger partial charge in [-0.25, -0.2) is 4.98 Å². The quantitative estimate of drug-likeness (QED) is 0.193. The molecule has 3 aromatic heterocycles. The van der Waals surface area contributed by atoms with E-state index in [9.17, 15) is 0 Å². The van der Waals surface area contributed by atoms with Gasteiger partial charge in [0.1, 0.15) is 5.01 Å². The third kappa shape index (κ3) is 4.02. The Kier molecular flexibility index (Phi) is 5.74. The Morgan fingerprint density at radius 2 is 1.04 bits per heavy atom. The largest absolute Gasteiger partial charge is 0.309 e. The van der Waals surface area contributed by atoms with Crippen LogP contribution in [-0.2, 0) is 0 Å². The lowest BCUT2D eigenvalue weighted by Gasteiger charge is -2.13. The molecule has 0 bridgehead atoms. The Morgan fingerprint density at radius 1 is 0.426 bits per heavy atom. The highest BCUT2D eigenvalue weighted by atomic mass is 32.1. The first-order chi connectivity index (χ1) is 23.3. The van der Waals surface area contributed by atoms with Gasteiger partial charge in [-0.15, -0.1) is 11.3 Å². The van der Waals surface area contributed by atoms with Crippen LogP contribution in [0.25, 0.3) is 86.9 Å². The van der Waals surface area contributed by atoms with Gasteiger partial charge in [-0.05, 0) is 71.8 Å². The number of hydrogen-bond acceptors (Lipinski definition) is 2. The molecule has 0 saturated carbocycles. The van der Waals surface area contributed by atoms with Crippen LogP contribution in [0.2, 0.25) is 0 Å². The van der Waals surface area contributed by atoms with E-state index in [2.05, 4.69) is 173 Å². The summed E-state index contributed by atoms with van der Waals surface area (Å²) in [6, 6.07) is 59.0. The zero-order chi connectivity index (χ0) is 30.9. The summed E-state index contributed by atoms with van der Waals surface area (Å²) in [4.78, 5) is 5.07. The van der Waals surface area contributed by atoms with Crippen molar-refractivity contribution in [1.82, 2.24) is 14.1 Å². The molecule has 47 heavy (non-hydrogen) atoms. The van der Waals surface area contributed by atoms with Crippen LogP contribution >= 0.6 is 11.3 Å². The van der Waals surface area contributed by atoms with E-state index < -0.39 is 0 Å². The van der Waals surface area contributed by atoms with Crippen LogP contribution in [-0.4, -0.2) is 14.1 Å². The standard InChI is InChI=1S/C43H27N3S/c1-2-13-28(14-3-1)29-15-12-16-30(25-29)45-37-21-8-4-17-31(37)34-27-41-35(26-40(34)45)32-18-5-9-22-38(32)46(41)39-23-10-6-19-33(39)43-44-36-20-7-11-24-42(36)47-43/h1-27H. The van der Waals surface area contributed by atoms with E-state index in [-0.39, 0.29) is 0 Å². The molecule has 4 heteroatoms. The molecule has 0 fully saturated rings. The number of nitrogens with zero attached hydrogens (tertiary/aromatic N) is 3. The minimum absolute atomic E-state index is 1.03. The van der Waals surface area contributed by atoms with Crippen LogP contribution < -0.4 is 0 Å². The predicted octanol–water partition coefficient (Wildman–Crippen LogP) is 11.8. The zero-order valence-electron chi connectivity index (χ0n) is 25.3. The summed E-state index contributed by atoms with van der Waals surface area (Å²) >= 11 is 1.75. The molecule has 0 aliphatic carbocycles. The lowest BCUT2D eigenvalue weighted by atomic mass is 10.1. The highest BCUT2D eigenvalue weighted by Crippen LogP contribution is 2.42. The summed E-state index contributed by atoms with van der Waals surface area (Å²) in [5.41, 5.74) is 11.7. The molecule has 0 atom stereocenters. The molecule has 10 aromatic rings. The van der Waals surface area contributed by atoms with Gasteiger partial charge >= 0.3 is 0 Å². The van der Waals surface area contributed by atoms with Crippen molar-refractivity contribution >= 4 is 65.2 Å². The highest BCUT2D eigenvalue weighted by molar-refractivity contribution is 7.21. The highest BCUT2D eigenvalue weighted by Gasteiger charge is 2.20. The van der Waals surface area contributed by atoms with Gasteiger partial charge in [0.15, 0.2) is 0 Å². The molecule has 0 saturated heterocycles. The normalized spacial score (nSPS) is 11.8. The van der Waals surface area contributed by atoms with Crippen molar-refractivity contribution in [2.24, 2.45) is 0 Å². The smallest absolute Gasteiger partial charge is 0.126 e. The van der Waals surface area contributed by atoms with Crippen molar-refractivity contribution < 1.29 is 0 Å². The fraction of sp³-hybridized carbons (Fsp3) is 0. The maximum Gasteiger partial charge on any atom is 0.126 e. The Balaban J connectivity index is 1.27. The monoisotopic (exact) mass is 617 g/mol. The van der Waals surface area contributed by atoms with E-state index >= 15 is 0 Å². The SMILES string of the molecule is c1ccc(-c2cccc(-n3c4ccccc4c4cc5c(cc43)c3ccccc3n5-c3ccccc3-c3nc4ccccc4s3)c2)cc1. The molecule has 3 heterocycles. The van der Waals surface area contributed by atoms with Gasteiger partial charge in [0.05, 0.1) is 38.0 Å². The summed E-state index contributed by atoms with van der Waals surface area (Å²) in [6.07, 6.45) is 0. The zero-order valence-corrected chi connectivity index (χ0v) is 26.2. The van der Waals surface area contributed by atoms with E-state index in [1.807, 2.05) is 0 Å². The topological polar surface area (TPSA) is 22.8 Å². The summed E-state index contributed by atoms with van der Waals surface area (Å²) in [5.74, 6) is 0. The fourth-order valence-corrected chi connectivity index (χ4v) is 8.26. The molecule has 0 unspecified atom stereocenters. The summed E-state index contributed by atoms with van der Waals surface area (Å²) < 4.78 is 6.07. The maximum atomic E-state index is 5.07. The number of aromatic nitrogens is 3. The number of hydrogen-bond donors (Lipinski definition) is 0. The molecule has 3 nitrogen and oxygen atoms in total. The van der Waals surface area contributed by atoms with Gasteiger partial charge in [0.2, 0.25) is 0 Å². The second-order valence-electron chi connectivity index (χ2n) is 12.0. The van der Waals surface area contributed by atoms with Crippen molar-refractivity contribution in [1.29, 1.82) is 0 Å². The molecular weight excluding hydrogens is 591 g/mol. The average Bonchev–Trinajstić information content (AvgIpc) is 3.81. The third-order valence-electron chi connectivity index (χ3n) is 9.35. The van der Waals surface area contributed by atoms with Crippen molar-refractivity contribution in [3.05, 3.63) is 164 Å². The minimum Gasteiger partial charge on any atom is -0.309 e. The van der Waals surface area contributed by atoms with Gasteiger partial charge in [0.25, 0.3) is 0 Å². The second-order valence-corrected chi connectivity index (χ2v) is 13.0. The van der Waals surface area contributed by atoms with Gasteiger partial charge < -0.3 is 9.13 Å². The average molecular weight is 618 g/mol. The molecule has 0 radical (unpaired) electrons. The number of fused-ring (bicyclic) bond motifs is 7. The van der Waals surface area contributed by atoms with E-state index in [0.29, 0.717) is 0 Å². The Bertz CT molecular complexity index is 2770. The molecule has 7 aromatic carbocycles. The first-order valence-corrected chi connectivity index (χ1v) is 16.7. The molecule has 0 spiro atoms. The Labute approximate surface area is 275 Å². The van der Waals surface area contributed by atoms with Crippen molar-refractivity contribution in [2.45, 2.75) is 0 Å². The molecule has 10 rings (SSSR count). The Hall–Kier alpha value is -5.97. The number of thiazole rings is 1. The lowest BCUT2D eigenvalue weighted by molar-refractivity contribution is 1.17. The van der Waals surface area contributed by atoms with E-state index in [1.165, 1.54) is 59.4 Å². The molecular formula is C43H27N3S. The van der Waals surface area contributed by atoms with Crippen LogP contribution in [0.3, 0.4) is 0 Å². The summed E-state index contributed by atoms with van der Waals surface area (Å²) in [7, 11) is 0. The van der Waals surface area contributed by atoms with Gasteiger partial charge in [0, 0.05) is 32.8 Å². The second kappa shape index (κ2) is 10.3. The van der Waals surface area contributed by atoms with Crippen LogP contribution in [0.15, 0.2) is 164 Å². The van der Waals surface area contributed by atoms with Crippen molar-refractivity contribution in [3.63, 3.8) is 0 Å². The molecule has 0 aliphatic heterocycles. The number of benzene rings is 7. The van der Waals surface area contributed by atoms with Crippen molar-refractivity contribution in [3.8, 4) is 33.1 Å². The van der Waals surface area contributed by atoms with Gasteiger partial charge in [-0.1, -0.05) is 103 Å². The molecule has 0 aliphatic rings. The molecule has 0 N–H and O–H groups in total. The fourth-order valence-electron chi connectivity index (χ4n) is 7.26. The van der Waals surface area contributed by atoms with Crippen LogP contribution in [0.1, 0.15) is 0 Å². The van der Waals surface area contributed by atoms with Crippen LogP contribution in [0, 0.1) is 0 Å². The summed E-state index contributed by atoms with van der Waals surface area (Å²) in [6.45, 7) is 0. The maximum absolute atomic E-state index is 5.07. The molecule has 220 valence electrons. The van der Waals surface area contributed by atoms with Crippen LogP contribution in [0.5, 0.6) is 0 Å². The first-order valence-electron chi connectivity index (χ1n) is 15.9. The molecule has 0 amide bonds. The number of para-hydroxylation sites is 4. The van der Waals surface area contributed by atoms with E-state index in [4.69, 9.17) is 4.98 Å². The van der Waals surface area contributed by atoms with E-state index in [0.717, 1.165) is 27.5 Å². The minimum atomic E-state index is 1.03. The van der Waals surface area contributed by atoms with E-state index in [1.54, 1.807) is 11.3 Å². The van der Waals surface area contributed by atoms with Gasteiger partial charge in [-0.2, -0.15) is 0 Å². The number of rotatable bonds is 4.